The van der Waals surface area contributed by atoms with Crippen molar-refractivity contribution >= 4 is 24.2 Å². The standard InChI is InChI=1S/C14H13BClNO3/c16-13-5-9(7-17)1-4-14(13)20-11-3-2-10-8-19-15(18)12(10)6-11/h1-6,18H,7-8,17H2. The van der Waals surface area contributed by atoms with Crippen LogP contribution in [0.5, 0.6) is 11.5 Å². The minimum Gasteiger partial charge on any atom is -0.456 e. The molecule has 0 unspecified atom stereocenters. The van der Waals surface area contributed by atoms with Crippen LogP contribution in [0.15, 0.2) is 36.4 Å². The van der Waals surface area contributed by atoms with Crippen molar-refractivity contribution in [3.63, 3.8) is 0 Å². The third-order valence-electron chi connectivity index (χ3n) is 3.24. The summed E-state index contributed by atoms with van der Waals surface area (Å²) in [6.07, 6.45) is 0. The van der Waals surface area contributed by atoms with Crippen LogP contribution in [-0.2, 0) is 17.8 Å². The van der Waals surface area contributed by atoms with E-state index in [4.69, 9.17) is 26.7 Å². The Morgan fingerprint density at radius 3 is 2.90 bits per heavy atom. The molecular formula is C14H13BClNO3. The van der Waals surface area contributed by atoms with Gasteiger partial charge in [-0.3, -0.25) is 0 Å². The third kappa shape index (κ3) is 2.53. The smallest absolute Gasteiger partial charge is 0.456 e. The van der Waals surface area contributed by atoms with Crippen LogP contribution in [0.3, 0.4) is 0 Å². The second kappa shape index (κ2) is 5.46. The summed E-state index contributed by atoms with van der Waals surface area (Å²) in [6.45, 7) is 0.852. The van der Waals surface area contributed by atoms with E-state index < -0.39 is 7.12 Å². The maximum absolute atomic E-state index is 9.68. The number of hydrogen-bond acceptors (Lipinski definition) is 4. The molecule has 0 aromatic heterocycles. The molecule has 1 heterocycles. The van der Waals surface area contributed by atoms with Crippen molar-refractivity contribution in [2.24, 2.45) is 5.73 Å². The Balaban J connectivity index is 1.87. The zero-order valence-corrected chi connectivity index (χ0v) is 11.4. The van der Waals surface area contributed by atoms with Gasteiger partial charge in [0.25, 0.3) is 0 Å². The molecule has 0 aliphatic carbocycles. The molecule has 0 amide bonds. The van der Waals surface area contributed by atoms with Gasteiger partial charge in [-0.15, -0.1) is 0 Å². The molecule has 0 bridgehead atoms. The number of halogens is 1. The molecule has 0 radical (unpaired) electrons. The first-order valence-corrected chi connectivity index (χ1v) is 6.64. The van der Waals surface area contributed by atoms with Crippen LogP contribution in [0.1, 0.15) is 11.1 Å². The average Bonchev–Trinajstić information content (AvgIpc) is 2.82. The minimum atomic E-state index is -0.886. The van der Waals surface area contributed by atoms with E-state index in [1.54, 1.807) is 18.2 Å². The van der Waals surface area contributed by atoms with Crippen LogP contribution in [0.2, 0.25) is 5.02 Å². The van der Waals surface area contributed by atoms with Gasteiger partial charge in [-0.05, 0) is 40.9 Å². The summed E-state index contributed by atoms with van der Waals surface area (Å²) in [5, 5.41) is 10.2. The van der Waals surface area contributed by atoms with E-state index >= 15 is 0 Å². The summed E-state index contributed by atoms with van der Waals surface area (Å²) >= 11 is 6.15. The highest BCUT2D eigenvalue weighted by atomic mass is 35.5. The van der Waals surface area contributed by atoms with Gasteiger partial charge in [0.2, 0.25) is 0 Å². The van der Waals surface area contributed by atoms with Crippen molar-refractivity contribution in [1.29, 1.82) is 0 Å². The molecule has 4 nitrogen and oxygen atoms in total. The van der Waals surface area contributed by atoms with Gasteiger partial charge in [0.1, 0.15) is 11.5 Å². The average molecular weight is 290 g/mol. The molecule has 1 aliphatic heterocycles. The Hall–Kier alpha value is -1.53. The normalized spacial score (nSPS) is 13.4. The van der Waals surface area contributed by atoms with Crippen LogP contribution in [-0.4, -0.2) is 12.1 Å². The molecular weight excluding hydrogens is 276 g/mol. The molecule has 0 saturated heterocycles. The highest BCUT2D eigenvalue weighted by Gasteiger charge is 2.27. The van der Waals surface area contributed by atoms with Gasteiger partial charge in [0, 0.05) is 6.54 Å². The zero-order valence-electron chi connectivity index (χ0n) is 10.7. The Kier molecular flexibility index (Phi) is 3.67. The van der Waals surface area contributed by atoms with Gasteiger partial charge < -0.3 is 20.1 Å². The SMILES string of the molecule is NCc1ccc(Oc2ccc3c(c2)B(O)OC3)c(Cl)c1. The van der Waals surface area contributed by atoms with E-state index in [0.717, 1.165) is 16.6 Å². The largest absolute Gasteiger partial charge is 0.491 e. The summed E-state index contributed by atoms with van der Waals surface area (Å²) in [5.41, 5.74) is 8.20. The van der Waals surface area contributed by atoms with Crippen molar-refractivity contribution in [1.82, 2.24) is 0 Å². The predicted molar refractivity (Wildman–Crippen MR) is 78.3 cm³/mol. The van der Waals surface area contributed by atoms with Crippen molar-refractivity contribution in [2.45, 2.75) is 13.2 Å². The summed E-state index contributed by atoms with van der Waals surface area (Å²) in [6, 6.07) is 10.9. The second-order valence-electron chi connectivity index (χ2n) is 4.59. The maximum Gasteiger partial charge on any atom is 0.491 e. The first-order valence-electron chi connectivity index (χ1n) is 6.26. The number of rotatable bonds is 3. The quantitative estimate of drug-likeness (QED) is 0.846. The van der Waals surface area contributed by atoms with Crippen LogP contribution < -0.4 is 15.9 Å². The van der Waals surface area contributed by atoms with E-state index in [9.17, 15) is 5.02 Å². The van der Waals surface area contributed by atoms with Crippen molar-refractivity contribution in [3.8, 4) is 11.5 Å². The Morgan fingerprint density at radius 1 is 1.30 bits per heavy atom. The van der Waals surface area contributed by atoms with E-state index in [1.807, 2.05) is 18.2 Å². The first-order chi connectivity index (χ1) is 9.67. The lowest BCUT2D eigenvalue weighted by molar-refractivity contribution is 0.275. The Morgan fingerprint density at radius 2 is 2.15 bits per heavy atom. The number of nitrogens with two attached hydrogens (primary N) is 1. The summed E-state index contributed by atoms with van der Waals surface area (Å²) in [5.74, 6) is 1.16. The van der Waals surface area contributed by atoms with E-state index in [0.29, 0.717) is 29.7 Å². The molecule has 0 saturated carbocycles. The number of fused-ring (bicyclic) bond motifs is 1. The van der Waals surface area contributed by atoms with Gasteiger partial charge in [-0.2, -0.15) is 0 Å². The van der Waals surface area contributed by atoms with Crippen molar-refractivity contribution in [3.05, 3.63) is 52.5 Å². The summed E-state index contributed by atoms with van der Waals surface area (Å²) in [4.78, 5) is 0. The van der Waals surface area contributed by atoms with Crippen molar-refractivity contribution in [2.75, 3.05) is 0 Å². The highest BCUT2D eigenvalue weighted by Crippen LogP contribution is 2.30. The predicted octanol–water partition coefficient (Wildman–Crippen LogP) is 1.81. The lowest BCUT2D eigenvalue weighted by Crippen LogP contribution is -2.27. The van der Waals surface area contributed by atoms with Gasteiger partial charge in [-0.25, -0.2) is 0 Å². The summed E-state index contributed by atoms with van der Waals surface area (Å²) < 4.78 is 10.9. The number of ether oxygens (including phenoxy) is 1. The fourth-order valence-corrected chi connectivity index (χ4v) is 2.38. The van der Waals surface area contributed by atoms with E-state index in [1.165, 1.54) is 0 Å². The molecule has 1 aliphatic rings. The molecule has 0 fully saturated rings. The van der Waals surface area contributed by atoms with Gasteiger partial charge in [-0.1, -0.05) is 23.7 Å². The van der Waals surface area contributed by atoms with Gasteiger partial charge >= 0.3 is 7.12 Å². The Labute approximate surface area is 122 Å². The molecule has 6 heteroatoms. The molecule has 3 N–H and O–H groups in total. The lowest BCUT2D eigenvalue weighted by atomic mass is 9.79. The molecule has 102 valence electrons. The molecule has 2 aromatic carbocycles. The minimum absolute atomic E-state index is 0.419. The Bertz CT molecular complexity index is 650. The molecule has 0 atom stereocenters. The highest BCUT2D eigenvalue weighted by molar-refractivity contribution is 6.61. The fraction of sp³-hybridized carbons (Fsp3) is 0.143. The van der Waals surface area contributed by atoms with Crippen LogP contribution in [0, 0.1) is 0 Å². The first kappa shape index (κ1) is 13.5. The summed E-state index contributed by atoms with van der Waals surface area (Å²) in [7, 11) is -0.886. The van der Waals surface area contributed by atoms with E-state index in [2.05, 4.69) is 0 Å². The molecule has 3 rings (SSSR count). The maximum atomic E-state index is 9.68. The molecule has 20 heavy (non-hydrogen) atoms. The third-order valence-corrected chi connectivity index (χ3v) is 3.54. The number of hydrogen-bond donors (Lipinski definition) is 2. The van der Waals surface area contributed by atoms with E-state index in [-0.39, 0.29) is 0 Å². The second-order valence-corrected chi connectivity index (χ2v) is 5.00. The zero-order chi connectivity index (χ0) is 14.1. The molecule has 2 aromatic rings. The van der Waals surface area contributed by atoms with Crippen LogP contribution in [0.4, 0.5) is 0 Å². The molecule has 0 spiro atoms. The van der Waals surface area contributed by atoms with Gasteiger partial charge in [0.15, 0.2) is 0 Å². The van der Waals surface area contributed by atoms with Crippen molar-refractivity contribution < 1.29 is 14.4 Å². The van der Waals surface area contributed by atoms with Crippen LogP contribution >= 0.6 is 11.6 Å². The van der Waals surface area contributed by atoms with Gasteiger partial charge in [0.05, 0.1) is 11.6 Å². The fourth-order valence-electron chi connectivity index (χ4n) is 2.14. The monoisotopic (exact) mass is 289 g/mol. The number of benzene rings is 2. The van der Waals surface area contributed by atoms with Crippen LogP contribution in [0.25, 0.3) is 0 Å². The lowest BCUT2D eigenvalue weighted by Gasteiger charge is -2.10. The topological polar surface area (TPSA) is 64.7 Å².